The maximum atomic E-state index is 12.9. The Bertz CT molecular complexity index is 465. The molecule has 1 unspecified atom stereocenters. The van der Waals surface area contributed by atoms with Crippen LogP contribution in [0, 0.1) is 11.7 Å². The van der Waals surface area contributed by atoms with Gasteiger partial charge in [0.1, 0.15) is 5.82 Å². The third-order valence-corrected chi connectivity index (χ3v) is 2.96. The number of rotatable bonds is 7. The summed E-state index contributed by atoms with van der Waals surface area (Å²) in [6, 6.07) is 6.06. The molecular formula is C15H23FN4O. The minimum atomic E-state index is -0.414. The molecule has 0 heterocycles. The number of nitrogens with one attached hydrogen (secondary N) is 2. The number of halogens is 1. The molecular weight excluding hydrogens is 271 g/mol. The van der Waals surface area contributed by atoms with Gasteiger partial charge in [-0.25, -0.2) is 4.39 Å². The van der Waals surface area contributed by atoms with E-state index >= 15 is 0 Å². The van der Waals surface area contributed by atoms with E-state index in [-0.39, 0.29) is 5.82 Å². The lowest BCUT2D eigenvalue weighted by atomic mass is 9.99. The fraction of sp³-hybridized carbons (Fsp3) is 0.467. The van der Waals surface area contributed by atoms with E-state index in [9.17, 15) is 9.18 Å². The molecule has 0 aliphatic heterocycles. The lowest BCUT2D eigenvalue weighted by Gasteiger charge is -2.13. The van der Waals surface area contributed by atoms with E-state index in [1.165, 1.54) is 12.1 Å². The molecule has 0 saturated heterocycles. The summed E-state index contributed by atoms with van der Waals surface area (Å²) in [5.74, 6) is -0.461. The van der Waals surface area contributed by atoms with Gasteiger partial charge in [0.2, 0.25) is 5.91 Å². The van der Waals surface area contributed by atoms with Crippen molar-refractivity contribution < 1.29 is 9.18 Å². The first kappa shape index (κ1) is 16.9. The van der Waals surface area contributed by atoms with Crippen LogP contribution in [-0.2, 0) is 11.2 Å². The van der Waals surface area contributed by atoms with Crippen molar-refractivity contribution in [3.8, 4) is 0 Å². The van der Waals surface area contributed by atoms with Crippen molar-refractivity contribution >= 4 is 11.9 Å². The monoisotopic (exact) mass is 294 g/mol. The Hall–Kier alpha value is -2.11. The van der Waals surface area contributed by atoms with Crippen molar-refractivity contribution in [3.63, 3.8) is 0 Å². The minimum Gasteiger partial charge on any atom is -0.369 e. The number of carbonyl (C=O) groups is 1. The zero-order valence-corrected chi connectivity index (χ0v) is 12.5. The Morgan fingerprint density at radius 3 is 2.29 bits per heavy atom. The number of aliphatic imine (C=N–C) groups is 1. The van der Waals surface area contributed by atoms with Gasteiger partial charge in [0.25, 0.3) is 0 Å². The average molecular weight is 294 g/mol. The molecule has 0 radical (unpaired) electrons. The van der Waals surface area contributed by atoms with Crippen LogP contribution in [0.5, 0.6) is 0 Å². The largest absolute Gasteiger partial charge is 0.369 e. The summed E-state index contributed by atoms with van der Waals surface area (Å²) in [7, 11) is 0. The van der Waals surface area contributed by atoms with Crippen molar-refractivity contribution in [1.82, 2.24) is 10.6 Å². The van der Waals surface area contributed by atoms with E-state index in [1.807, 2.05) is 13.8 Å². The standard InChI is InChI=1S/C15H23FN4O/c1-3-18-15(19-4-2)20-10-12(14(17)21)9-11-5-7-13(16)8-6-11/h5-8,12H,3-4,9-10H2,1-2H3,(H2,17,21)(H2,18,19,20). The maximum Gasteiger partial charge on any atom is 0.222 e. The van der Waals surface area contributed by atoms with Gasteiger partial charge in [0.05, 0.1) is 12.5 Å². The van der Waals surface area contributed by atoms with Crippen molar-refractivity contribution in [1.29, 1.82) is 0 Å². The molecule has 0 aromatic heterocycles. The molecule has 21 heavy (non-hydrogen) atoms. The summed E-state index contributed by atoms with van der Waals surface area (Å²) in [4.78, 5) is 15.9. The van der Waals surface area contributed by atoms with Crippen LogP contribution in [0.25, 0.3) is 0 Å². The van der Waals surface area contributed by atoms with Crippen LogP contribution in [0.15, 0.2) is 29.3 Å². The number of nitrogens with zero attached hydrogens (tertiary/aromatic N) is 1. The first-order valence-corrected chi connectivity index (χ1v) is 7.12. The fourth-order valence-corrected chi connectivity index (χ4v) is 1.87. The van der Waals surface area contributed by atoms with Gasteiger partial charge in [0, 0.05) is 13.1 Å². The first-order chi connectivity index (χ1) is 10.1. The molecule has 0 aliphatic rings. The van der Waals surface area contributed by atoms with Crippen LogP contribution in [0.4, 0.5) is 4.39 Å². The first-order valence-electron chi connectivity index (χ1n) is 7.12. The van der Waals surface area contributed by atoms with Gasteiger partial charge in [0.15, 0.2) is 5.96 Å². The zero-order valence-electron chi connectivity index (χ0n) is 12.5. The van der Waals surface area contributed by atoms with Crippen molar-refractivity contribution in [2.75, 3.05) is 19.6 Å². The summed E-state index contributed by atoms with van der Waals surface area (Å²) >= 11 is 0. The van der Waals surface area contributed by atoms with Crippen LogP contribution >= 0.6 is 0 Å². The fourth-order valence-electron chi connectivity index (χ4n) is 1.87. The van der Waals surface area contributed by atoms with Gasteiger partial charge in [-0.2, -0.15) is 0 Å². The molecule has 5 nitrogen and oxygen atoms in total. The lowest BCUT2D eigenvalue weighted by Crippen LogP contribution is -2.38. The second kappa shape index (κ2) is 8.94. The second-order valence-electron chi connectivity index (χ2n) is 4.68. The van der Waals surface area contributed by atoms with Crippen molar-refractivity contribution in [2.45, 2.75) is 20.3 Å². The third kappa shape index (κ3) is 6.25. The third-order valence-electron chi connectivity index (χ3n) is 2.96. The summed E-state index contributed by atoms with van der Waals surface area (Å²) in [6.07, 6.45) is 0.449. The van der Waals surface area contributed by atoms with Crippen molar-refractivity contribution in [3.05, 3.63) is 35.6 Å². The molecule has 1 aromatic carbocycles. The van der Waals surface area contributed by atoms with E-state index in [1.54, 1.807) is 12.1 Å². The highest BCUT2D eigenvalue weighted by molar-refractivity contribution is 5.81. The number of carbonyl (C=O) groups excluding carboxylic acids is 1. The Kier molecular flexibility index (Phi) is 7.21. The molecule has 1 rings (SSSR count). The highest BCUT2D eigenvalue weighted by Crippen LogP contribution is 2.10. The number of nitrogens with two attached hydrogens (primary N) is 1. The van der Waals surface area contributed by atoms with Crippen LogP contribution < -0.4 is 16.4 Å². The van der Waals surface area contributed by atoms with Crippen LogP contribution in [-0.4, -0.2) is 31.5 Å². The number of guanidine groups is 1. The Morgan fingerprint density at radius 1 is 1.24 bits per heavy atom. The minimum absolute atomic E-state index is 0.294. The van der Waals surface area contributed by atoms with Gasteiger partial charge >= 0.3 is 0 Å². The van der Waals surface area contributed by atoms with Crippen LogP contribution in [0.1, 0.15) is 19.4 Å². The van der Waals surface area contributed by atoms with E-state index in [4.69, 9.17) is 5.73 Å². The Labute approximate surface area is 124 Å². The topological polar surface area (TPSA) is 79.5 Å². The average Bonchev–Trinajstić information content (AvgIpc) is 2.45. The zero-order chi connectivity index (χ0) is 15.7. The predicted octanol–water partition coefficient (Wildman–Crippen LogP) is 1.04. The number of hydrogen-bond donors (Lipinski definition) is 3. The van der Waals surface area contributed by atoms with Gasteiger partial charge in [-0.15, -0.1) is 0 Å². The van der Waals surface area contributed by atoms with Crippen LogP contribution in [0.2, 0.25) is 0 Å². The summed E-state index contributed by atoms with van der Waals surface area (Å²) in [5.41, 5.74) is 6.29. The second-order valence-corrected chi connectivity index (χ2v) is 4.68. The lowest BCUT2D eigenvalue weighted by molar-refractivity contribution is -0.121. The molecule has 116 valence electrons. The highest BCUT2D eigenvalue weighted by Gasteiger charge is 2.16. The molecule has 1 aromatic rings. The summed E-state index contributed by atoms with van der Waals surface area (Å²) in [5, 5.41) is 6.17. The number of benzene rings is 1. The quantitative estimate of drug-likeness (QED) is 0.519. The van der Waals surface area contributed by atoms with Gasteiger partial charge < -0.3 is 16.4 Å². The molecule has 6 heteroatoms. The van der Waals surface area contributed by atoms with Gasteiger partial charge in [-0.1, -0.05) is 12.1 Å². The molecule has 1 amide bonds. The van der Waals surface area contributed by atoms with Gasteiger partial charge in [-0.05, 0) is 38.0 Å². The van der Waals surface area contributed by atoms with E-state index < -0.39 is 11.8 Å². The smallest absolute Gasteiger partial charge is 0.222 e. The number of hydrogen-bond acceptors (Lipinski definition) is 2. The molecule has 0 saturated carbocycles. The van der Waals surface area contributed by atoms with E-state index in [0.717, 1.165) is 18.7 Å². The Morgan fingerprint density at radius 2 is 1.81 bits per heavy atom. The number of amides is 1. The molecule has 1 atom stereocenters. The Balaban J connectivity index is 2.70. The SMILES string of the molecule is CCNC(=NCC(Cc1ccc(F)cc1)C(N)=O)NCC. The van der Waals surface area contributed by atoms with Crippen LogP contribution in [0.3, 0.4) is 0 Å². The molecule has 0 fully saturated rings. The summed E-state index contributed by atoms with van der Waals surface area (Å²) in [6.45, 7) is 5.71. The van der Waals surface area contributed by atoms with Crippen molar-refractivity contribution in [2.24, 2.45) is 16.6 Å². The molecule has 4 N–H and O–H groups in total. The molecule has 0 aliphatic carbocycles. The van der Waals surface area contributed by atoms with E-state index in [2.05, 4.69) is 15.6 Å². The number of primary amides is 1. The predicted molar refractivity (Wildman–Crippen MR) is 82.4 cm³/mol. The van der Waals surface area contributed by atoms with Gasteiger partial charge in [-0.3, -0.25) is 9.79 Å². The maximum absolute atomic E-state index is 12.9. The molecule has 0 bridgehead atoms. The highest BCUT2D eigenvalue weighted by atomic mass is 19.1. The van der Waals surface area contributed by atoms with E-state index in [0.29, 0.717) is 18.9 Å². The normalized spacial score (nSPS) is 11.6. The molecule has 0 spiro atoms. The summed E-state index contributed by atoms with van der Waals surface area (Å²) < 4.78 is 12.9.